The summed E-state index contributed by atoms with van der Waals surface area (Å²) in [5, 5.41) is 5.83. The van der Waals surface area contributed by atoms with E-state index < -0.39 is 0 Å². The number of fused-ring (bicyclic) bond motifs is 1. The average Bonchev–Trinajstić information content (AvgIpc) is 2.91. The third kappa shape index (κ3) is 5.24. The quantitative estimate of drug-likeness (QED) is 0.368. The molecule has 3 aromatic rings. The number of nitrogens with one attached hydrogen (secondary N) is 1. The van der Waals surface area contributed by atoms with Crippen molar-refractivity contribution in [1.82, 2.24) is 0 Å². The molecule has 0 heterocycles. The van der Waals surface area contributed by atoms with E-state index in [9.17, 15) is 0 Å². The van der Waals surface area contributed by atoms with Crippen molar-refractivity contribution in [2.45, 2.75) is 40.2 Å². The zero-order valence-corrected chi connectivity index (χ0v) is 21.7. The monoisotopic (exact) mass is 463 g/mol. The number of rotatable bonds is 8. The van der Waals surface area contributed by atoms with Gasteiger partial charge in [-0.3, -0.25) is 4.99 Å². The van der Waals surface area contributed by atoms with Gasteiger partial charge >= 0.3 is 0 Å². The summed E-state index contributed by atoms with van der Waals surface area (Å²) < 4.78 is 0. The lowest BCUT2D eigenvalue weighted by Gasteiger charge is -2.22. The Morgan fingerprint density at radius 2 is 1.49 bits per heavy atom. The van der Waals surface area contributed by atoms with Crippen LogP contribution in [0, 0.1) is 0 Å². The maximum absolute atomic E-state index is 4.82. The molecule has 3 heteroatoms. The van der Waals surface area contributed by atoms with Crippen molar-refractivity contribution >= 4 is 33.4 Å². The SMILES string of the molecule is CCC(C)N=C1C=CC(=C(c2ccc(N(CC)CC)cc2)c2ccc(NC)c3ccccc23)C=C1. The molecule has 0 spiro atoms. The maximum atomic E-state index is 4.82. The molecule has 0 radical (unpaired) electrons. The van der Waals surface area contributed by atoms with E-state index in [1.165, 1.54) is 38.7 Å². The van der Waals surface area contributed by atoms with Gasteiger partial charge in [0, 0.05) is 42.9 Å². The van der Waals surface area contributed by atoms with E-state index in [0.29, 0.717) is 6.04 Å². The second kappa shape index (κ2) is 11.2. The molecule has 0 aromatic heterocycles. The minimum absolute atomic E-state index is 0.329. The molecule has 0 bridgehead atoms. The van der Waals surface area contributed by atoms with E-state index in [-0.39, 0.29) is 0 Å². The Morgan fingerprint density at radius 3 is 2.09 bits per heavy atom. The zero-order chi connectivity index (χ0) is 24.8. The summed E-state index contributed by atoms with van der Waals surface area (Å²) in [6.45, 7) is 10.8. The second-order valence-corrected chi connectivity index (χ2v) is 8.98. The van der Waals surface area contributed by atoms with Crippen molar-refractivity contribution in [3.05, 3.63) is 102 Å². The van der Waals surface area contributed by atoms with Crippen molar-refractivity contribution in [3.63, 3.8) is 0 Å². The smallest absolute Gasteiger partial charge is 0.0577 e. The van der Waals surface area contributed by atoms with Gasteiger partial charge in [0.05, 0.1) is 5.71 Å². The van der Waals surface area contributed by atoms with Gasteiger partial charge < -0.3 is 10.2 Å². The lowest BCUT2D eigenvalue weighted by molar-refractivity contribution is 0.718. The number of hydrogen-bond donors (Lipinski definition) is 1. The number of aliphatic imine (C=N–C) groups is 1. The normalized spacial score (nSPS) is 13.7. The summed E-state index contributed by atoms with van der Waals surface area (Å²) in [4.78, 5) is 7.20. The lowest BCUT2D eigenvalue weighted by atomic mass is 9.87. The van der Waals surface area contributed by atoms with E-state index >= 15 is 0 Å². The summed E-state index contributed by atoms with van der Waals surface area (Å²) in [7, 11) is 1.98. The van der Waals surface area contributed by atoms with Gasteiger partial charge in [-0.2, -0.15) is 0 Å². The van der Waals surface area contributed by atoms with E-state index in [2.05, 4.69) is 123 Å². The number of allylic oxidation sites excluding steroid dienone is 5. The number of benzene rings is 3. The molecule has 0 amide bonds. The fourth-order valence-corrected chi connectivity index (χ4v) is 4.70. The Morgan fingerprint density at radius 1 is 0.829 bits per heavy atom. The first-order valence-corrected chi connectivity index (χ1v) is 12.8. The summed E-state index contributed by atoms with van der Waals surface area (Å²) in [5.41, 5.74) is 8.34. The molecule has 1 atom stereocenters. The second-order valence-electron chi connectivity index (χ2n) is 8.98. The molecule has 0 saturated heterocycles. The summed E-state index contributed by atoms with van der Waals surface area (Å²) in [6.07, 6.45) is 9.78. The van der Waals surface area contributed by atoms with Gasteiger partial charge in [0.2, 0.25) is 0 Å². The molecule has 1 unspecified atom stereocenters. The minimum atomic E-state index is 0.329. The lowest BCUT2D eigenvalue weighted by Crippen LogP contribution is -2.21. The molecule has 180 valence electrons. The van der Waals surface area contributed by atoms with E-state index in [4.69, 9.17) is 4.99 Å². The van der Waals surface area contributed by atoms with Crippen LogP contribution in [0.5, 0.6) is 0 Å². The van der Waals surface area contributed by atoms with Crippen LogP contribution in [-0.2, 0) is 0 Å². The van der Waals surface area contributed by atoms with Gasteiger partial charge in [-0.15, -0.1) is 0 Å². The summed E-state index contributed by atoms with van der Waals surface area (Å²) in [6, 6.07) is 22.4. The van der Waals surface area contributed by atoms with Gasteiger partial charge in [0.1, 0.15) is 0 Å². The fraction of sp³-hybridized carbons (Fsp3) is 0.281. The van der Waals surface area contributed by atoms with Crippen LogP contribution < -0.4 is 10.2 Å². The summed E-state index contributed by atoms with van der Waals surface area (Å²) >= 11 is 0. The highest BCUT2D eigenvalue weighted by molar-refractivity contribution is 6.09. The molecule has 35 heavy (non-hydrogen) atoms. The Bertz CT molecular complexity index is 1270. The standard InChI is InChI=1S/C32H37N3/c1-6-23(4)34-26-17-13-24(14-18-26)32(25-15-19-27(20-16-25)35(7-2)8-3)30-21-22-31(33-5)29-12-10-9-11-28(29)30/h9-23,33H,6-8H2,1-5H3. The van der Waals surface area contributed by atoms with Crippen molar-refractivity contribution in [2.24, 2.45) is 4.99 Å². The van der Waals surface area contributed by atoms with Crippen LogP contribution in [0.2, 0.25) is 0 Å². The van der Waals surface area contributed by atoms with Crippen molar-refractivity contribution in [2.75, 3.05) is 30.4 Å². The predicted molar refractivity (Wildman–Crippen MR) is 155 cm³/mol. The number of nitrogens with zero attached hydrogens (tertiary/aromatic N) is 2. The predicted octanol–water partition coefficient (Wildman–Crippen LogP) is 7.90. The maximum Gasteiger partial charge on any atom is 0.0577 e. The third-order valence-corrected chi connectivity index (χ3v) is 6.86. The first-order valence-electron chi connectivity index (χ1n) is 12.8. The Labute approximate surface area is 210 Å². The van der Waals surface area contributed by atoms with Crippen LogP contribution in [0.4, 0.5) is 11.4 Å². The summed E-state index contributed by atoms with van der Waals surface area (Å²) in [5.74, 6) is 0. The highest BCUT2D eigenvalue weighted by Crippen LogP contribution is 2.37. The Hall–Kier alpha value is -3.59. The van der Waals surface area contributed by atoms with Crippen molar-refractivity contribution in [1.29, 1.82) is 0 Å². The Kier molecular flexibility index (Phi) is 7.87. The van der Waals surface area contributed by atoms with Crippen LogP contribution in [-0.4, -0.2) is 31.9 Å². The van der Waals surface area contributed by atoms with Gasteiger partial charge in [-0.05, 0) is 85.2 Å². The van der Waals surface area contributed by atoms with E-state index in [1.54, 1.807) is 0 Å². The molecule has 0 saturated carbocycles. The molecule has 0 fully saturated rings. The highest BCUT2D eigenvalue weighted by atomic mass is 15.1. The van der Waals surface area contributed by atoms with E-state index in [0.717, 1.165) is 30.9 Å². The van der Waals surface area contributed by atoms with Gasteiger partial charge in [-0.1, -0.05) is 61.5 Å². The minimum Gasteiger partial charge on any atom is -0.388 e. The first-order chi connectivity index (χ1) is 17.1. The van der Waals surface area contributed by atoms with Crippen LogP contribution in [0.25, 0.3) is 16.3 Å². The molecule has 1 aliphatic carbocycles. The van der Waals surface area contributed by atoms with Crippen LogP contribution in [0.3, 0.4) is 0 Å². The number of anilines is 2. The molecule has 3 aromatic carbocycles. The Balaban J connectivity index is 1.90. The molecule has 3 nitrogen and oxygen atoms in total. The fourth-order valence-electron chi connectivity index (χ4n) is 4.70. The van der Waals surface area contributed by atoms with Crippen LogP contribution in [0.15, 0.2) is 95.5 Å². The van der Waals surface area contributed by atoms with E-state index in [1.807, 2.05) is 7.05 Å². The van der Waals surface area contributed by atoms with Crippen molar-refractivity contribution < 1.29 is 0 Å². The molecule has 4 rings (SSSR count). The first kappa shape index (κ1) is 24.5. The third-order valence-electron chi connectivity index (χ3n) is 6.86. The molecule has 1 aliphatic rings. The van der Waals surface area contributed by atoms with Gasteiger partial charge in [0.15, 0.2) is 0 Å². The molecule has 1 N–H and O–H groups in total. The van der Waals surface area contributed by atoms with Gasteiger partial charge in [-0.25, -0.2) is 0 Å². The van der Waals surface area contributed by atoms with Crippen molar-refractivity contribution in [3.8, 4) is 0 Å². The largest absolute Gasteiger partial charge is 0.388 e. The molecular weight excluding hydrogens is 426 g/mol. The molecular formula is C32H37N3. The topological polar surface area (TPSA) is 27.6 Å². The molecule has 0 aliphatic heterocycles. The van der Waals surface area contributed by atoms with Crippen LogP contribution in [0.1, 0.15) is 45.2 Å². The average molecular weight is 464 g/mol. The zero-order valence-electron chi connectivity index (χ0n) is 21.7. The number of hydrogen-bond acceptors (Lipinski definition) is 3. The highest BCUT2D eigenvalue weighted by Gasteiger charge is 2.16. The van der Waals surface area contributed by atoms with Crippen LogP contribution >= 0.6 is 0 Å². The van der Waals surface area contributed by atoms with Gasteiger partial charge in [0.25, 0.3) is 0 Å².